The second-order valence-electron chi connectivity index (χ2n) is 6.54. The quantitative estimate of drug-likeness (QED) is 0.621. The number of amides is 1. The van der Waals surface area contributed by atoms with Gasteiger partial charge in [0, 0.05) is 47.9 Å². The zero-order valence-corrected chi connectivity index (χ0v) is 18.0. The Balaban J connectivity index is 1.37. The minimum atomic E-state index is -0.131. The molecule has 0 bridgehead atoms. The van der Waals surface area contributed by atoms with Crippen LogP contribution in [-0.4, -0.2) is 50.1 Å². The number of nitrogens with one attached hydrogen (secondary N) is 1. The van der Waals surface area contributed by atoms with Crippen LogP contribution in [0.1, 0.15) is 16.8 Å². The number of carbonyl (C=O) groups excluding carboxylic acids is 1. The molecular weight excluding hydrogens is 449 g/mol. The van der Waals surface area contributed by atoms with Gasteiger partial charge in [-0.25, -0.2) is 0 Å². The molecule has 1 saturated heterocycles. The lowest BCUT2D eigenvalue weighted by Gasteiger charge is -2.36. The van der Waals surface area contributed by atoms with Crippen molar-refractivity contribution in [2.24, 2.45) is 0 Å². The van der Waals surface area contributed by atoms with Crippen molar-refractivity contribution in [3.05, 3.63) is 62.5 Å². The Morgan fingerprint density at radius 1 is 1.04 bits per heavy atom. The van der Waals surface area contributed by atoms with Crippen molar-refractivity contribution in [1.82, 2.24) is 10.2 Å². The first kappa shape index (κ1) is 20.5. The number of piperazine rings is 1. The summed E-state index contributed by atoms with van der Waals surface area (Å²) < 4.78 is 0.843. The maximum absolute atomic E-state index is 12.2. The van der Waals surface area contributed by atoms with Crippen LogP contribution in [0.4, 0.5) is 5.69 Å². The molecule has 144 valence electrons. The van der Waals surface area contributed by atoms with Gasteiger partial charge in [0.05, 0.1) is 10.6 Å². The fourth-order valence-electron chi connectivity index (χ4n) is 3.15. The first-order valence-electron chi connectivity index (χ1n) is 8.99. The molecule has 0 radical (unpaired) electrons. The molecule has 1 aliphatic rings. The highest BCUT2D eigenvalue weighted by Gasteiger charge is 2.17. The Hall–Kier alpha value is -1.27. The fourth-order valence-corrected chi connectivity index (χ4v) is 3.84. The molecule has 0 aromatic heterocycles. The molecule has 1 heterocycles. The molecule has 1 N–H and O–H groups in total. The van der Waals surface area contributed by atoms with Gasteiger partial charge >= 0.3 is 0 Å². The highest BCUT2D eigenvalue weighted by molar-refractivity contribution is 9.10. The largest absolute Gasteiger partial charge is 0.369 e. The van der Waals surface area contributed by atoms with Crippen molar-refractivity contribution in [2.75, 3.05) is 44.2 Å². The summed E-state index contributed by atoms with van der Waals surface area (Å²) in [6.07, 6.45) is 0.915. The first-order valence-corrected chi connectivity index (χ1v) is 10.5. The Morgan fingerprint density at radius 2 is 1.74 bits per heavy atom. The summed E-state index contributed by atoms with van der Waals surface area (Å²) in [7, 11) is 0. The predicted octanol–water partition coefficient (Wildman–Crippen LogP) is 4.70. The maximum atomic E-state index is 12.2. The molecule has 0 aliphatic carbocycles. The van der Waals surface area contributed by atoms with Crippen LogP contribution in [0.15, 0.2) is 46.9 Å². The van der Waals surface area contributed by atoms with E-state index in [-0.39, 0.29) is 5.91 Å². The molecule has 2 aromatic carbocycles. The van der Waals surface area contributed by atoms with E-state index in [9.17, 15) is 4.79 Å². The zero-order chi connectivity index (χ0) is 19.2. The van der Waals surface area contributed by atoms with Crippen LogP contribution in [0.3, 0.4) is 0 Å². The van der Waals surface area contributed by atoms with E-state index in [0.717, 1.165) is 48.6 Å². The fraction of sp³-hybridized carbons (Fsp3) is 0.350. The molecule has 1 aliphatic heterocycles. The second kappa shape index (κ2) is 9.78. The minimum Gasteiger partial charge on any atom is -0.369 e. The van der Waals surface area contributed by atoms with Crippen molar-refractivity contribution in [2.45, 2.75) is 6.42 Å². The molecule has 0 saturated carbocycles. The SMILES string of the molecule is O=C(NCCCN1CCN(c2ccc(Cl)cc2)CC1)c1cc(Br)ccc1Cl. The van der Waals surface area contributed by atoms with Gasteiger partial charge in [-0.1, -0.05) is 39.1 Å². The van der Waals surface area contributed by atoms with E-state index in [1.165, 1.54) is 5.69 Å². The highest BCUT2D eigenvalue weighted by atomic mass is 79.9. The van der Waals surface area contributed by atoms with E-state index in [4.69, 9.17) is 23.2 Å². The van der Waals surface area contributed by atoms with E-state index < -0.39 is 0 Å². The molecule has 3 rings (SSSR count). The number of nitrogens with zero attached hydrogens (tertiary/aromatic N) is 2. The summed E-state index contributed by atoms with van der Waals surface area (Å²) in [4.78, 5) is 17.1. The lowest BCUT2D eigenvalue weighted by molar-refractivity contribution is 0.0951. The van der Waals surface area contributed by atoms with E-state index in [2.05, 4.69) is 43.2 Å². The average molecular weight is 471 g/mol. The molecule has 0 spiro atoms. The van der Waals surface area contributed by atoms with Crippen molar-refractivity contribution in [1.29, 1.82) is 0 Å². The van der Waals surface area contributed by atoms with Crippen molar-refractivity contribution < 1.29 is 4.79 Å². The van der Waals surface area contributed by atoms with E-state index in [0.29, 0.717) is 17.1 Å². The van der Waals surface area contributed by atoms with E-state index >= 15 is 0 Å². The van der Waals surface area contributed by atoms with Crippen LogP contribution >= 0.6 is 39.1 Å². The van der Waals surface area contributed by atoms with Crippen LogP contribution in [0.25, 0.3) is 0 Å². The molecule has 27 heavy (non-hydrogen) atoms. The Bertz CT molecular complexity index is 777. The maximum Gasteiger partial charge on any atom is 0.252 e. The van der Waals surface area contributed by atoms with Gasteiger partial charge < -0.3 is 10.2 Å². The third-order valence-electron chi connectivity index (χ3n) is 4.67. The Labute approximate surface area is 178 Å². The number of hydrogen-bond acceptors (Lipinski definition) is 3. The summed E-state index contributed by atoms with van der Waals surface area (Å²) in [5.74, 6) is -0.131. The minimum absolute atomic E-state index is 0.131. The number of anilines is 1. The van der Waals surface area contributed by atoms with Gasteiger partial charge in [0.2, 0.25) is 0 Å². The molecular formula is C20H22BrCl2N3O. The van der Waals surface area contributed by atoms with Gasteiger partial charge in [-0.3, -0.25) is 9.69 Å². The monoisotopic (exact) mass is 469 g/mol. The van der Waals surface area contributed by atoms with Gasteiger partial charge in [-0.05, 0) is 55.4 Å². The Morgan fingerprint density at radius 3 is 2.44 bits per heavy atom. The molecule has 1 fully saturated rings. The van der Waals surface area contributed by atoms with Crippen LogP contribution in [0.2, 0.25) is 10.0 Å². The number of rotatable bonds is 6. The van der Waals surface area contributed by atoms with Crippen molar-refractivity contribution in [3.8, 4) is 0 Å². The van der Waals surface area contributed by atoms with Gasteiger partial charge in [0.25, 0.3) is 5.91 Å². The average Bonchev–Trinajstić information content (AvgIpc) is 2.68. The summed E-state index contributed by atoms with van der Waals surface area (Å²) in [6.45, 7) is 5.66. The zero-order valence-electron chi connectivity index (χ0n) is 14.9. The highest BCUT2D eigenvalue weighted by Crippen LogP contribution is 2.21. The molecule has 7 heteroatoms. The Kier molecular flexibility index (Phi) is 7.41. The van der Waals surface area contributed by atoms with E-state index in [1.807, 2.05) is 18.2 Å². The molecule has 0 atom stereocenters. The van der Waals surface area contributed by atoms with Crippen LogP contribution < -0.4 is 10.2 Å². The molecule has 4 nitrogen and oxygen atoms in total. The third kappa shape index (κ3) is 5.85. The second-order valence-corrected chi connectivity index (χ2v) is 8.30. The summed E-state index contributed by atoms with van der Waals surface area (Å²) in [6, 6.07) is 13.3. The van der Waals surface area contributed by atoms with Gasteiger partial charge in [-0.15, -0.1) is 0 Å². The first-order chi connectivity index (χ1) is 13.0. The van der Waals surface area contributed by atoms with Crippen LogP contribution in [0, 0.1) is 0 Å². The summed E-state index contributed by atoms with van der Waals surface area (Å²) in [5, 5.41) is 4.19. The summed E-state index contributed by atoms with van der Waals surface area (Å²) in [5.41, 5.74) is 1.72. The lowest BCUT2D eigenvalue weighted by atomic mass is 10.2. The number of halogens is 3. The van der Waals surface area contributed by atoms with Crippen LogP contribution in [0.5, 0.6) is 0 Å². The normalized spacial score (nSPS) is 15.0. The number of carbonyl (C=O) groups is 1. The molecule has 2 aromatic rings. The standard InChI is InChI=1S/C20H22BrCl2N3O/c21-15-2-7-19(23)18(14-15)20(27)24-8-1-9-25-10-12-26(13-11-25)17-5-3-16(22)4-6-17/h2-7,14H,1,8-13H2,(H,24,27). The number of benzene rings is 2. The van der Waals surface area contributed by atoms with Gasteiger partial charge in [0.15, 0.2) is 0 Å². The van der Waals surface area contributed by atoms with Crippen molar-refractivity contribution in [3.63, 3.8) is 0 Å². The summed E-state index contributed by atoms with van der Waals surface area (Å²) >= 11 is 15.4. The predicted molar refractivity (Wildman–Crippen MR) is 116 cm³/mol. The third-order valence-corrected chi connectivity index (χ3v) is 5.75. The lowest BCUT2D eigenvalue weighted by Crippen LogP contribution is -2.47. The van der Waals surface area contributed by atoms with Crippen molar-refractivity contribution >= 4 is 50.7 Å². The smallest absolute Gasteiger partial charge is 0.252 e. The number of hydrogen-bond donors (Lipinski definition) is 1. The topological polar surface area (TPSA) is 35.6 Å². The van der Waals surface area contributed by atoms with Crippen LogP contribution in [-0.2, 0) is 0 Å². The van der Waals surface area contributed by atoms with Gasteiger partial charge in [-0.2, -0.15) is 0 Å². The molecule has 0 unspecified atom stereocenters. The van der Waals surface area contributed by atoms with E-state index in [1.54, 1.807) is 12.1 Å². The molecule has 1 amide bonds. The van der Waals surface area contributed by atoms with Gasteiger partial charge in [0.1, 0.15) is 0 Å².